The first-order chi connectivity index (χ1) is 8.90. The van der Waals surface area contributed by atoms with Gasteiger partial charge in [0.1, 0.15) is 11.4 Å². The van der Waals surface area contributed by atoms with Crippen molar-refractivity contribution in [3.63, 3.8) is 0 Å². The molecule has 0 bridgehead atoms. The molecule has 5 nitrogen and oxygen atoms in total. The van der Waals surface area contributed by atoms with Crippen LogP contribution in [0.4, 0.5) is 0 Å². The summed E-state index contributed by atoms with van der Waals surface area (Å²) in [5.41, 5.74) is 2.26. The van der Waals surface area contributed by atoms with Crippen molar-refractivity contribution in [3.05, 3.63) is 50.9 Å². The van der Waals surface area contributed by atoms with Crippen LogP contribution < -0.4 is 5.56 Å². The molecule has 0 aliphatic carbocycles. The third-order valence-electron chi connectivity index (χ3n) is 3.09. The van der Waals surface area contributed by atoms with Gasteiger partial charge in [-0.15, -0.1) is 0 Å². The molecule has 0 saturated carbocycles. The van der Waals surface area contributed by atoms with Crippen molar-refractivity contribution < 1.29 is 9.90 Å². The second-order valence-corrected chi connectivity index (χ2v) is 4.48. The lowest BCUT2D eigenvalue weighted by Gasteiger charge is -2.07. The van der Waals surface area contributed by atoms with Crippen molar-refractivity contribution in [1.29, 1.82) is 0 Å². The summed E-state index contributed by atoms with van der Waals surface area (Å²) in [5.74, 6) is -0.881. The molecular formula is C14H14N2O3. The maximum Gasteiger partial charge on any atom is 0.343 e. The van der Waals surface area contributed by atoms with E-state index in [-0.39, 0.29) is 11.3 Å². The number of carbonyl (C=O) groups is 1. The Bertz CT molecular complexity index is 717. The van der Waals surface area contributed by atoms with Crippen LogP contribution in [0.5, 0.6) is 0 Å². The highest BCUT2D eigenvalue weighted by molar-refractivity contribution is 5.88. The van der Waals surface area contributed by atoms with Gasteiger partial charge in [0.25, 0.3) is 5.56 Å². The molecule has 19 heavy (non-hydrogen) atoms. The van der Waals surface area contributed by atoms with Gasteiger partial charge in [0.15, 0.2) is 0 Å². The molecule has 0 fully saturated rings. The second-order valence-electron chi connectivity index (χ2n) is 4.48. The van der Waals surface area contributed by atoms with E-state index in [4.69, 9.17) is 5.11 Å². The summed E-state index contributed by atoms with van der Waals surface area (Å²) in [6.07, 6.45) is 0. The van der Waals surface area contributed by atoms with E-state index >= 15 is 0 Å². The predicted molar refractivity (Wildman–Crippen MR) is 71.5 cm³/mol. The smallest absolute Gasteiger partial charge is 0.343 e. The van der Waals surface area contributed by atoms with Gasteiger partial charge in [0, 0.05) is 5.56 Å². The first-order valence-electron chi connectivity index (χ1n) is 5.82. The number of hydrogen-bond donors (Lipinski definition) is 2. The number of carboxylic acid groups (broad SMARTS) is 1. The Labute approximate surface area is 110 Å². The lowest BCUT2D eigenvalue weighted by Crippen LogP contribution is -2.21. The standard InChI is InChI=1S/C14H14N2O3/c1-7-4-5-10(6-8(7)2)12-15-9(3)11(14(18)19)13(17)16-12/h4-6H,1-3H3,(H,18,19)(H,15,16,17). The largest absolute Gasteiger partial charge is 0.477 e. The SMILES string of the molecule is Cc1ccc(-c2nc(C)c(C(=O)O)c(=O)[nH]2)cc1C. The molecule has 1 heterocycles. The molecule has 98 valence electrons. The highest BCUT2D eigenvalue weighted by atomic mass is 16.4. The highest BCUT2D eigenvalue weighted by Crippen LogP contribution is 2.18. The number of nitrogens with zero attached hydrogens (tertiary/aromatic N) is 1. The number of benzene rings is 1. The topological polar surface area (TPSA) is 83.0 Å². The minimum atomic E-state index is -1.27. The van der Waals surface area contributed by atoms with Crippen LogP contribution in [-0.2, 0) is 0 Å². The Morgan fingerprint density at radius 3 is 2.42 bits per heavy atom. The zero-order chi connectivity index (χ0) is 14.2. The maximum atomic E-state index is 11.8. The molecule has 0 saturated heterocycles. The van der Waals surface area contributed by atoms with E-state index in [1.807, 2.05) is 32.0 Å². The summed E-state index contributed by atoms with van der Waals surface area (Å²) in [6, 6.07) is 5.69. The fourth-order valence-corrected chi connectivity index (χ4v) is 1.86. The number of aromatic amines is 1. The monoisotopic (exact) mass is 258 g/mol. The van der Waals surface area contributed by atoms with Crippen LogP contribution in [0.3, 0.4) is 0 Å². The molecule has 0 aliphatic heterocycles. The number of aromatic carboxylic acids is 1. The van der Waals surface area contributed by atoms with Crippen LogP contribution in [0.15, 0.2) is 23.0 Å². The van der Waals surface area contributed by atoms with Crippen molar-refractivity contribution in [2.45, 2.75) is 20.8 Å². The fraction of sp³-hybridized carbons (Fsp3) is 0.214. The molecule has 0 unspecified atom stereocenters. The molecule has 0 radical (unpaired) electrons. The first kappa shape index (κ1) is 13.0. The molecule has 0 spiro atoms. The number of aromatic nitrogens is 2. The van der Waals surface area contributed by atoms with Crippen LogP contribution in [0, 0.1) is 20.8 Å². The Balaban J connectivity index is 2.61. The lowest BCUT2D eigenvalue weighted by molar-refractivity contribution is 0.0693. The highest BCUT2D eigenvalue weighted by Gasteiger charge is 2.15. The summed E-state index contributed by atoms with van der Waals surface area (Å²) in [5, 5.41) is 8.93. The summed E-state index contributed by atoms with van der Waals surface area (Å²) in [6.45, 7) is 5.48. The van der Waals surface area contributed by atoms with Gasteiger partial charge in [0.05, 0.1) is 5.69 Å². The molecule has 2 aromatic rings. The van der Waals surface area contributed by atoms with Gasteiger partial charge in [0.2, 0.25) is 0 Å². The Kier molecular flexibility index (Phi) is 3.21. The predicted octanol–water partition coefficient (Wildman–Crippen LogP) is 2.06. The van der Waals surface area contributed by atoms with E-state index in [9.17, 15) is 9.59 Å². The number of rotatable bonds is 2. The Morgan fingerprint density at radius 1 is 1.21 bits per heavy atom. The van der Waals surface area contributed by atoms with Crippen molar-refractivity contribution >= 4 is 5.97 Å². The van der Waals surface area contributed by atoms with Crippen molar-refractivity contribution in [2.75, 3.05) is 0 Å². The third-order valence-corrected chi connectivity index (χ3v) is 3.09. The summed E-state index contributed by atoms with van der Waals surface area (Å²) >= 11 is 0. The van der Waals surface area contributed by atoms with Crippen LogP contribution in [-0.4, -0.2) is 21.0 Å². The summed E-state index contributed by atoms with van der Waals surface area (Å²) in [7, 11) is 0. The molecule has 0 amide bonds. The van der Waals surface area contributed by atoms with Crippen LogP contribution in [0.2, 0.25) is 0 Å². The zero-order valence-corrected chi connectivity index (χ0v) is 10.9. The summed E-state index contributed by atoms with van der Waals surface area (Å²) < 4.78 is 0. The molecule has 0 aliphatic rings. The van der Waals surface area contributed by atoms with Gasteiger partial charge in [-0.3, -0.25) is 4.79 Å². The third kappa shape index (κ3) is 2.40. The van der Waals surface area contributed by atoms with Crippen LogP contribution >= 0.6 is 0 Å². The molecule has 5 heteroatoms. The van der Waals surface area contributed by atoms with Crippen molar-refractivity contribution in [2.24, 2.45) is 0 Å². The minimum absolute atomic E-state index is 0.212. The van der Waals surface area contributed by atoms with Gasteiger partial charge < -0.3 is 10.1 Å². The average molecular weight is 258 g/mol. The van der Waals surface area contributed by atoms with Crippen molar-refractivity contribution in [3.8, 4) is 11.4 Å². The first-order valence-corrected chi connectivity index (χ1v) is 5.82. The quantitative estimate of drug-likeness (QED) is 0.863. The lowest BCUT2D eigenvalue weighted by atomic mass is 10.1. The fourth-order valence-electron chi connectivity index (χ4n) is 1.86. The van der Waals surface area contributed by atoms with Crippen LogP contribution in [0.25, 0.3) is 11.4 Å². The number of H-pyrrole nitrogens is 1. The molecule has 2 rings (SSSR count). The van der Waals surface area contributed by atoms with E-state index in [1.165, 1.54) is 6.92 Å². The van der Waals surface area contributed by atoms with Gasteiger partial charge >= 0.3 is 5.97 Å². The second kappa shape index (κ2) is 4.68. The van der Waals surface area contributed by atoms with E-state index in [0.29, 0.717) is 5.82 Å². The number of aryl methyl sites for hydroxylation is 3. The maximum absolute atomic E-state index is 11.8. The number of nitrogens with one attached hydrogen (secondary N) is 1. The van der Waals surface area contributed by atoms with Gasteiger partial charge in [-0.2, -0.15) is 0 Å². The normalized spacial score (nSPS) is 10.5. The molecule has 0 atom stereocenters. The zero-order valence-electron chi connectivity index (χ0n) is 10.9. The van der Waals surface area contributed by atoms with Gasteiger partial charge in [-0.1, -0.05) is 12.1 Å². The van der Waals surface area contributed by atoms with Crippen molar-refractivity contribution in [1.82, 2.24) is 9.97 Å². The minimum Gasteiger partial charge on any atom is -0.477 e. The summed E-state index contributed by atoms with van der Waals surface area (Å²) in [4.78, 5) is 29.4. The number of carboxylic acids is 1. The van der Waals surface area contributed by atoms with E-state index in [2.05, 4.69) is 9.97 Å². The van der Waals surface area contributed by atoms with Gasteiger partial charge in [-0.25, -0.2) is 9.78 Å². The van der Waals surface area contributed by atoms with E-state index in [0.717, 1.165) is 16.7 Å². The molecule has 1 aromatic carbocycles. The van der Waals surface area contributed by atoms with E-state index < -0.39 is 11.5 Å². The average Bonchev–Trinajstić information content (AvgIpc) is 2.31. The van der Waals surface area contributed by atoms with Crippen LogP contribution in [0.1, 0.15) is 27.2 Å². The molecule has 2 N–H and O–H groups in total. The molecular weight excluding hydrogens is 244 g/mol. The van der Waals surface area contributed by atoms with E-state index in [1.54, 1.807) is 0 Å². The number of hydrogen-bond acceptors (Lipinski definition) is 3. The van der Waals surface area contributed by atoms with Gasteiger partial charge in [-0.05, 0) is 38.0 Å². The Hall–Kier alpha value is -2.43. The Morgan fingerprint density at radius 2 is 1.89 bits per heavy atom. The molecule has 1 aromatic heterocycles.